The van der Waals surface area contributed by atoms with Crippen molar-refractivity contribution in [1.29, 1.82) is 0 Å². The van der Waals surface area contributed by atoms with Crippen LogP contribution in [0.3, 0.4) is 0 Å². The summed E-state index contributed by atoms with van der Waals surface area (Å²) in [6.45, 7) is 3.60. The molecule has 0 bridgehead atoms. The van der Waals surface area contributed by atoms with Gasteiger partial charge in [-0.1, -0.05) is 22.9 Å². The molecular formula is C15H17ClN4O3S. The molecule has 1 unspecified atom stereocenters. The van der Waals surface area contributed by atoms with Crippen molar-refractivity contribution in [3.63, 3.8) is 0 Å². The lowest BCUT2D eigenvalue weighted by Gasteiger charge is -2.10. The molecule has 1 aliphatic rings. The van der Waals surface area contributed by atoms with E-state index >= 15 is 0 Å². The Balaban J connectivity index is 1.85. The number of carbonyl (C=O) groups is 1. The van der Waals surface area contributed by atoms with Gasteiger partial charge in [0, 0.05) is 11.1 Å². The number of carbonyl (C=O) groups excluding carboxylic acids is 1. The topological polar surface area (TPSA) is 93.9 Å². The Labute approximate surface area is 144 Å². The number of hydrogen-bond acceptors (Lipinski definition) is 5. The lowest BCUT2D eigenvalue weighted by Crippen LogP contribution is -2.36. The third-order valence-electron chi connectivity index (χ3n) is 4.14. The van der Waals surface area contributed by atoms with Gasteiger partial charge in [-0.15, -0.1) is 5.10 Å². The smallest absolute Gasteiger partial charge is 0.274 e. The Bertz CT molecular complexity index is 907. The molecule has 1 aromatic heterocycles. The molecule has 1 N–H and O–H groups in total. The first-order chi connectivity index (χ1) is 11.3. The van der Waals surface area contributed by atoms with E-state index in [4.69, 9.17) is 11.6 Å². The Kier molecular flexibility index (Phi) is 4.35. The zero-order chi connectivity index (χ0) is 17.5. The minimum Gasteiger partial charge on any atom is -0.347 e. The van der Waals surface area contributed by atoms with Gasteiger partial charge < -0.3 is 5.32 Å². The number of aromatic nitrogens is 3. The number of halogens is 1. The van der Waals surface area contributed by atoms with Crippen molar-refractivity contribution in [1.82, 2.24) is 20.3 Å². The maximum atomic E-state index is 12.4. The summed E-state index contributed by atoms with van der Waals surface area (Å²) in [4.78, 5) is 12.4. The minimum absolute atomic E-state index is 0.0284. The molecule has 128 valence electrons. The molecule has 1 amide bonds. The van der Waals surface area contributed by atoms with Crippen molar-refractivity contribution in [2.24, 2.45) is 0 Å². The first kappa shape index (κ1) is 16.9. The zero-order valence-electron chi connectivity index (χ0n) is 13.3. The van der Waals surface area contributed by atoms with Gasteiger partial charge in [0.15, 0.2) is 15.5 Å². The molecule has 1 aliphatic heterocycles. The standard InChI is InChI=1S/C15H17ClN4O3S/c1-9-12(16)4-3-5-13(9)20-10(2)14(18-19-20)15(21)17-11-6-7-24(22,23)8-11/h3-5,11H,6-8H2,1-2H3,(H,17,21). The van der Waals surface area contributed by atoms with E-state index in [0.717, 1.165) is 11.3 Å². The largest absolute Gasteiger partial charge is 0.347 e. The lowest BCUT2D eigenvalue weighted by molar-refractivity contribution is 0.0935. The summed E-state index contributed by atoms with van der Waals surface area (Å²) in [6.07, 6.45) is 0.425. The van der Waals surface area contributed by atoms with E-state index in [1.807, 2.05) is 13.0 Å². The summed E-state index contributed by atoms with van der Waals surface area (Å²) in [6, 6.07) is 5.05. The fraction of sp³-hybridized carbons (Fsp3) is 0.400. The summed E-state index contributed by atoms with van der Waals surface area (Å²) in [5.41, 5.74) is 2.33. The molecule has 1 atom stereocenters. The molecule has 1 aromatic carbocycles. The van der Waals surface area contributed by atoms with E-state index in [1.54, 1.807) is 23.7 Å². The van der Waals surface area contributed by atoms with Gasteiger partial charge in [-0.2, -0.15) is 0 Å². The molecule has 0 aliphatic carbocycles. The first-order valence-corrected chi connectivity index (χ1v) is 9.67. The van der Waals surface area contributed by atoms with Gasteiger partial charge in [0.1, 0.15) is 0 Å². The number of hydrogen-bond donors (Lipinski definition) is 1. The quantitative estimate of drug-likeness (QED) is 0.885. The summed E-state index contributed by atoms with van der Waals surface area (Å²) in [7, 11) is -3.05. The van der Waals surface area contributed by atoms with Crippen molar-refractivity contribution in [3.05, 3.63) is 40.2 Å². The number of nitrogens with one attached hydrogen (secondary N) is 1. The molecular weight excluding hydrogens is 352 g/mol. The molecule has 0 saturated carbocycles. The van der Waals surface area contributed by atoms with Gasteiger partial charge in [0.2, 0.25) is 0 Å². The van der Waals surface area contributed by atoms with Crippen LogP contribution in [0, 0.1) is 13.8 Å². The summed E-state index contributed by atoms with van der Waals surface area (Å²) in [5, 5.41) is 11.3. The second-order valence-electron chi connectivity index (χ2n) is 5.89. The highest BCUT2D eigenvalue weighted by atomic mass is 35.5. The number of rotatable bonds is 3. The summed E-state index contributed by atoms with van der Waals surface area (Å²) in [5.74, 6) is -0.342. The SMILES string of the molecule is Cc1c(Cl)cccc1-n1nnc(C(=O)NC2CCS(=O)(=O)C2)c1C. The van der Waals surface area contributed by atoms with E-state index in [9.17, 15) is 13.2 Å². The molecule has 1 saturated heterocycles. The van der Waals surface area contributed by atoms with Crippen LogP contribution < -0.4 is 5.32 Å². The second-order valence-corrected chi connectivity index (χ2v) is 8.53. The second kappa shape index (κ2) is 6.18. The molecule has 2 heterocycles. The molecule has 0 spiro atoms. The van der Waals surface area contributed by atoms with Gasteiger partial charge in [-0.25, -0.2) is 13.1 Å². The number of nitrogens with zero attached hydrogens (tertiary/aromatic N) is 3. The van der Waals surface area contributed by atoms with Crippen LogP contribution in [0.25, 0.3) is 5.69 Å². The van der Waals surface area contributed by atoms with Crippen molar-refractivity contribution >= 4 is 27.3 Å². The predicted octanol–water partition coefficient (Wildman–Crippen LogP) is 1.45. The van der Waals surface area contributed by atoms with Crippen molar-refractivity contribution in [2.75, 3.05) is 11.5 Å². The molecule has 3 rings (SSSR count). The highest BCUT2D eigenvalue weighted by Crippen LogP contribution is 2.23. The van der Waals surface area contributed by atoms with E-state index in [1.165, 1.54) is 0 Å². The van der Waals surface area contributed by atoms with Crippen molar-refractivity contribution < 1.29 is 13.2 Å². The summed E-state index contributed by atoms with van der Waals surface area (Å²) < 4.78 is 24.5. The van der Waals surface area contributed by atoms with Gasteiger partial charge in [-0.3, -0.25) is 4.79 Å². The fourth-order valence-electron chi connectivity index (χ4n) is 2.76. The zero-order valence-corrected chi connectivity index (χ0v) is 14.9. The molecule has 9 heteroatoms. The predicted molar refractivity (Wildman–Crippen MR) is 90.4 cm³/mol. The lowest BCUT2D eigenvalue weighted by atomic mass is 10.2. The molecule has 0 radical (unpaired) electrons. The minimum atomic E-state index is -3.05. The average molecular weight is 369 g/mol. The van der Waals surface area contributed by atoms with Crippen LogP contribution in [0.2, 0.25) is 5.02 Å². The molecule has 24 heavy (non-hydrogen) atoms. The van der Waals surface area contributed by atoms with E-state index in [0.29, 0.717) is 17.1 Å². The normalized spacial score (nSPS) is 19.4. The van der Waals surface area contributed by atoms with Crippen LogP contribution >= 0.6 is 11.6 Å². The first-order valence-electron chi connectivity index (χ1n) is 7.47. The van der Waals surface area contributed by atoms with Gasteiger partial charge in [-0.05, 0) is 38.0 Å². The van der Waals surface area contributed by atoms with Gasteiger partial charge >= 0.3 is 0 Å². The maximum Gasteiger partial charge on any atom is 0.274 e. The molecule has 1 fully saturated rings. The Hall–Kier alpha value is -1.93. The van der Waals surface area contributed by atoms with Gasteiger partial charge in [0.05, 0.1) is 22.9 Å². The van der Waals surface area contributed by atoms with Crippen molar-refractivity contribution in [2.45, 2.75) is 26.3 Å². The third-order valence-corrected chi connectivity index (χ3v) is 6.32. The highest BCUT2D eigenvalue weighted by molar-refractivity contribution is 7.91. The summed E-state index contributed by atoms with van der Waals surface area (Å²) >= 11 is 6.13. The number of benzene rings is 1. The van der Waals surface area contributed by atoms with Crippen LogP contribution in [0.15, 0.2) is 18.2 Å². The van der Waals surface area contributed by atoms with Crippen LogP contribution in [-0.2, 0) is 9.84 Å². The van der Waals surface area contributed by atoms with Crippen LogP contribution in [0.1, 0.15) is 28.2 Å². The van der Waals surface area contributed by atoms with Crippen LogP contribution in [-0.4, -0.2) is 46.9 Å². The maximum absolute atomic E-state index is 12.4. The molecule has 2 aromatic rings. The van der Waals surface area contributed by atoms with Crippen LogP contribution in [0.5, 0.6) is 0 Å². The van der Waals surface area contributed by atoms with E-state index in [-0.39, 0.29) is 23.2 Å². The monoisotopic (exact) mass is 368 g/mol. The van der Waals surface area contributed by atoms with Crippen LogP contribution in [0.4, 0.5) is 0 Å². The average Bonchev–Trinajstić information content (AvgIpc) is 3.04. The van der Waals surface area contributed by atoms with E-state index < -0.39 is 15.7 Å². The third kappa shape index (κ3) is 3.16. The highest BCUT2D eigenvalue weighted by Gasteiger charge is 2.30. The Morgan fingerprint density at radius 2 is 2.12 bits per heavy atom. The van der Waals surface area contributed by atoms with E-state index in [2.05, 4.69) is 15.6 Å². The number of amides is 1. The van der Waals surface area contributed by atoms with Crippen molar-refractivity contribution in [3.8, 4) is 5.69 Å². The number of sulfone groups is 1. The Morgan fingerprint density at radius 3 is 2.79 bits per heavy atom. The molecule has 7 nitrogen and oxygen atoms in total. The Morgan fingerprint density at radius 1 is 1.38 bits per heavy atom. The van der Waals surface area contributed by atoms with Gasteiger partial charge in [0.25, 0.3) is 5.91 Å². The fourth-order valence-corrected chi connectivity index (χ4v) is 4.60.